The second-order valence-electron chi connectivity index (χ2n) is 7.30. The zero-order valence-corrected chi connectivity index (χ0v) is 18.0. The molecule has 0 bridgehead atoms. The molecule has 2 saturated heterocycles. The lowest BCUT2D eigenvalue weighted by atomic mass is 9.98. The first-order chi connectivity index (χ1) is 15.0. The summed E-state index contributed by atoms with van der Waals surface area (Å²) in [5.41, 5.74) is 0.240. The van der Waals surface area contributed by atoms with Gasteiger partial charge in [-0.2, -0.15) is 0 Å². The van der Waals surface area contributed by atoms with Crippen LogP contribution in [0, 0.1) is 0 Å². The number of esters is 2. The Bertz CT molecular complexity index is 891. The first kappa shape index (κ1) is 21.8. The molecule has 0 amide bonds. The maximum absolute atomic E-state index is 11.9. The van der Waals surface area contributed by atoms with Gasteiger partial charge in [-0.3, -0.25) is 9.59 Å². The third kappa shape index (κ3) is 5.27. The topological polar surface area (TPSA) is 80.3 Å². The molecule has 7 nitrogen and oxygen atoms in total. The summed E-state index contributed by atoms with van der Waals surface area (Å²) < 4.78 is 29.6. The molecule has 0 N–H and O–H groups in total. The van der Waals surface area contributed by atoms with Crippen molar-refractivity contribution >= 4 is 23.7 Å². The van der Waals surface area contributed by atoms with Gasteiger partial charge in [0.05, 0.1) is 6.61 Å². The van der Waals surface area contributed by atoms with Crippen LogP contribution < -0.4 is 0 Å². The summed E-state index contributed by atoms with van der Waals surface area (Å²) in [6.45, 7) is 2.89. The number of hydrogen-bond acceptors (Lipinski definition) is 8. The first-order valence-corrected chi connectivity index (χ1v) is 10.9. The predicted molar refractivity (Wildman–Crippen MR) is 112 cm³/mol. The van der Waals surface area contributed by atoms with Gasteiger partial charge in [0.2, 0.25) is 0 Å². The highest BCUT2D eigenvalue weighted by Crippen LogP contribution is 2.41. The zero-order chi connectivity index (χ0) is 21.8. The predicted octanol–water partition coefficient (Wildman–Crippen LogP) is 3.48. The molecule has 0 radical (unpaired) electrons. The Morgan fingerprint density at radius 2 is 1.48 bits per heavy atom. The van der Waals surface area contributed by atoms with E-state index in [1.807, 2.05) is 60.7 Å². The number of benzene rings is 2. The molecule has 164 valence electrons. The molecule has 0 aromatic heterocycles. The summed E-state index contributed by atoms with van der Waals surface area (Å²) in [6, 6.07) is 19.1. The number of carbonyl (C=O) groups excluding carboxylic acids is 2. The van der Waals surface area contributed by atoms with E-state index in [-0.39, 0.29) is 6.61 Å². The Labute approximate surface area is 185 Å². The van der Waals surface area contributed by atoms with Crippen LogP contribution in [0.25, 0.3) is 0 Å². The summed E-state index contributed by atoms with van der Waals surface area (Å²) in [7, 11) is 0. The summed E-state index contributed by atoms with van der Waals surface area (Å²) in [5, 5.41) is 0. The van der Waals surface area contributed by atoms with Crippen molar-refractivity contribution < 1.29 is 33.3 Å². The third-order valence-electron chi connectivity index (χ3n) is 4.96. The molecule has 1 unspecified atom stereocenters. The minimum atomic E-state index is -0.845. The van der Waals surface area contributed by atoms with Crippen LogP contribution in [0.5, 0.6) is 0 Å². The average molecular weight is 445 g/mol. The van der Waals surface area contributed by atoms with Gasteiger partial charge in [0.1, 0.15) is 17.6 Å². The van der Waals surface area contributed by atoms with Gasteiger partial charge in [0.15, 0.2) is 18.5 Å². The third-order valence-corrected chi connectivity index (χ3v) is 6.11. The average Bonchev–Trinajstić information content (AvgIpc) is 2.76. The fourth-order valence-corrected chi connectivity index (χ4v) is 4.82. The van der Waals surface area contributed by atoms with E-state index in [0.29, 0.717) is 0 Å². The molecule has 2 aromatic carbocycles. The van der Waals surface area contributed by atoms with Crippen molar-refractivity contribution in [2.75, 3.05) is 6.61 Å². The minimum absolute atomic E-state index is 0.251. The number of hydrogen-bond donors (Lipinski definition) is 0. The zero-order valence-electron chi connectivity index (χ0n) is 17.2. The van der Waals surface area contributed by atoms with Crippen LogP contribution in [0.2, 0.25) is 0 Å². The van der Waals surface area contributed by atoms with Crippen molar-refractivity contribution in [2.24, 2.45) is 0 Å². The molecule has 2 aliphatic heterocycles. The van der Waals surface area contributed by atoms with Gasteiger partial charge in [-0.1, -0.05) is 60.3 Å². The molecule has 2 aromatic rings. The number of carbonyl (C=O) groups is 2. The van der Waals surface area contributed by atoms with Gasteiger partial charge < -0.3 is 23.7 Å². The van der Waals surface area contributed by atoms with Gasteiger partial charge >= 0.3 is 11.9 Å². The Morgan fingerprint density at radius 1 is 0.871 bits per heavy atom. The van der Waals surface area contributed by atoms with Crippen LogP contribution >= 0.6 is 11.8 Å². The molecule has 6 atom stereocenters. The quantitative estimate of drug-likeness (QED) is 0.649. The maximum Gasteiger partial charge on any atom is 0.303 e. The van der Waals surface area contributed by atoms with E-state index >= 15 is 0 Å². The molecule has 0 saturated carbocycles. The largest absolute Gasteiger partial charge is 0.456 e. The molecule has 0 aliphatic carbocycles. The number of thioether (sulfide) groups is 1. The van der Waals surface area contributed by atoms with Crippen molar-refractivity contribution in [1.82, 2.24) is 0 Å². The van der Waals surface area contributed by atoms with Crippen LogP contribution in [0.15, 0.2) is 65.6 Å². The van der Waals surface area contributed by atoms with Crippen LogP contribution in [-0.2, 0) is 33.3 Å². The second kappa shape index (κ2) is 9.82. The second-order valence-corrected chi connectivity index (χ2v) is 8.47. The lowest BCUT2D eigenvalue weighted by molar-refractivity contribution is -0.320. The molecular weight excluding hydrogens is 420 g/mol. The normalized spacial score (nSPS) is 30.1. The molecular formula is C23H24O7S. The highest BCUT2D eigenvalue weighted by atomic mass is 32.2. The van der Waals surface area contributed by atoms with Crippen LogP contribution in [0.3, 0.4) is 0 Å². The molecule has 2 fully saturated rings. The van der Waals surface area contributed by atoms with E-state index in [2.05, 4.69) is 0 Å². The van der Waals surface area contributed by atoms with Crippen LogP contribution in [-0.4, -0.2) is 48.4 Å². The van der Waals surface area contributed by atoms with E-state index in [9.17, 15) is 9.59 Å². The van der Waals surface area contributed by atoms with Crippen molar-refractivity contribution in [1.29, 1.82) is 0 Å². The molecule has 2 aliphatic rings. The lowest BCUT2D eigenvalue weighted by Gasteiger charge is -2.48. The van der Waals surface area contributed by atoms with Gasteiger partial charge in [-0.15, -0.1) is 0 Å². The highest BCUT2D eigenvalue weighted by molar-refractivity contribution is 7.99. The van der Waals surface area contributed by atoms with E-state index < -0.39 is 48.1 Å². The number of rotatable bonds is 5. The lowest BCUT2D eigenvalue weighted by Crippen LogP contribution is -2.63. The monoisotopic (exact) mass is 444 g/mol. The van der Waals surface area contributed by atoms with E-state index in [1.165, 1.54) is 25.6 Å². The molecule has 2 heterocycles. The summed E-state index contributed by atoms with van der Waals surface area (Å²) in [5.74, 6) is -0.979. The Hall–Kier alpha value is -2.39. The van der Waals surface area contributed by atoms with Crippen molar-refractivity contribution in [3.8, 4) is 0 Å². The fraction of sp³-hybridized carbons (Fsp3) is 0.391. The SMILES string of the molecule is CC(=O)O[C@@H]1[C@H](OC(C)=O)[C@@H](Sc2ccccc2)O[C@@H]2COC(c3ccccc3)O[C@@H]12. The van der Waals surface area contributed by atoms with Gasteiger partial charge in [-0.05, 0) is 12.1 Å². The highest BCUT2D eigenvalue weighted by Gasteiger charge is 2.53. The van der Waals surface area contributed by atoms with E-state index in [0.717, 1.165) is 10.5 Å². The molecule has 0 spiro atoms. The Morgan fingerprint density at radius 3 is 2.13 bits per heavy atom. The van der Waals surface area contributed by atoms with E-state index in [4.69, 9.17) is 23.7 Å². The van der Waals surface area contributed by atoms with E-state index in [1.54, 1.807) is 0 Å². The summed E-state index contributed by atoms with van der Waals surface area (Å²) in [6.07, 6.45) is -3.46. The molecule has 31 heavy (non-hydrogen) atoms. The van der Waals surface area contributed by atoms with Crippen LogP contribution in [0.4, 0.5) is 0 Å². The minimum Gasteiger partial charge on any atom is -0.456 e. The first-order valence-electron chi connectivity index (χ1n) is 10.0. The number of ether oxygens (including phenoxy) is 5. The molecule has 4 rings (SSSR count). The van der Waals surface area contributed by atoms with Gasteiger partial charge in [0.25, 0.3) is 0 Å². The Balaban J connectivity index is 1.62. The standard InChI is InChI=1S/C23H24O7S/c1-14(24)27-20-19-18(13-26-22(30-19)16-9-5-3-6-10-16)29-23(21(20)28-15(2)25)31-17-11-7-4-8-12-17/h3-12,18-23H,13H2,1-2H3/t18-,19-,20+,21+,22?,23-/m1/s1. The van der Waals surface area contributed by atoms with Crippen molar-refractivity contribution in [3.63, 3.8) is 0 Å². The van der Waals surface area contributed by atoms with Crippen molar-refractivity contribution in [2.45, 2.75) is 54.9 Å². The maximum atomic E-state index is 11.9. The van der Waals surface area contributed by atoms with Crippen molar-refractivity contribution in [3.05, 3.63) is 66.2 Å². The number of fused-ring (bicyclic) bond motifs is 1. The van der Waals surface area contributed by atoms with Gasteiger partial charge in [-0.25, -0.2) is 0 Å². The Kier molecular flexibility index (Phi) is 6.92. The van der Waals surface area contributed by atoms with Crippen LogP contribution in [0.1, 0.15) is 25.7 Å². The summed E-state index contributed by atoms with van der Waals surface area (Å²) in [4.78, 5) is 24.8. The van der Waals surface area contributed by atoms with Gasteiger partial charge in [0, 0.05) is 24.3 Å². The fourth-order valence-electron chi connectivity index (χ4n) is 3.70. The smallest absolute Gasteiger partial charge is 0.303 e. The molecule has 8 heteroatoms. The summed E-state index contributed by atoms with van der Waals surface area (Å²) >= 11 is 1.40.